The van der Waals surface area contributed by atoms with E-state index in [1.807, 2.05) is 0 Å². The first-order valence-electron chi connectivity index (χ1n) is 9.56. The van der Waals surface area contributed by atoms with Gasteiger partial charge in [-0.25, -0.2) is 4.39 Å². The zero-order valence-electron chi connectivity index (χ0n) is 16.7. The van der Waals surface area contributed by atoms with Crippen molar-refractivity contribution in [3.05, 3.63) is 99.9 Å². The summed E-state index contributed by atoms with van der Waals surface area (Å²) in [6, 6.07) is 17.0. The number of carbonyl (C=O) groups is 2. The molecule has 7 nitrogen and oxygen atoms in total. The zero-order valence-corrected chi connectivity index (χ0v) is 17.4. The van der Waals surface area contributed by atoms with Gasteiger partial charge in [0.05, 0.1) is 4.92 Å². The van der Waals surface area contributed by atoms with Gasteiger partial charge in [0, 0.05) is 35.7 Å². The smallest absolute Gasteiger partial charge is 0.282 e. The summed E-state index contributed by atoms with van der Waals surface area (Å²) in [6.45, 7) is 0. The minimum Gasteiger partial charge on any atom is -0.482 e. The fraction of sp³-hybridized carbons (Fsp3) is 0.130. The van der Waals surface area contributed by atoms with E-state index < -0.39 is 22.8 Å². The molecule has 164 valence electrons. The molecule has 0 aliphatic rings. The average molecular weight is 457 g/mol. The van der Waals surface area contributed by atoms with Crippen LogP contribution in [-0.4, -0.2) is 28.6 Å². The molecule has 3 aromatic rings. The molecule has 0 spiro atoms. The molecule has 0 heterocycles. The number of nitro benzene ring substituents is 1. The lowest BCUT2D eigenvalue weighted by Crippen LogP contribution is -2.28. The number of carbonyl (C=O) groups excluding carboxylic acids is 2. The number of ether oxygens (including phenoxy) is 1. The summed E-state index contributed by atoms with van der Waals surface area (Å²) in [5.74, 6) is -1.03. The SMILES string of the molecule is O=C(Nc1cccc(OC(CCCl)C(=O)c2ccc(F)cc2)c1)c1ccccc1[N+](=O)[O-]. The number of halogens is 2. The molecule has 1 amide bonds. The lowest BCUT2D eigenvalue weighted by molar-refractivity contribution is -0.385. The fourth-order valence-electron chi connectivity index (χ4n) is 2.98. The van der Waals surface area contributed by atoms with Crippen LogP contribution in [0.25, 0.3) is 0 Å². The van der Waals surface area contributed by atoms with Gasteiger partial charge in [-0.1, -0.05) is 18.2 Å². The minimum absolute atomic E-state index is 0.0877. The van der Waals surface area contributed by atoms with E-state index in [9.17, 15) is 24.1 Å². The van der Waals surface area contributed by atoms with Crippen molar-refractivity contribution in [3.8, 4) is 5.75 Å². The van der Waals surface area contributed by atoms with Gasteiger partial charge < -0.3 is 10.1 Å². The van der Waals surface area contributed by atoms with Crippen LogP contribution in [0.1, 0.15) is 27.1 Å². The number of amides is 1. The molecule has 9 heteroatoms. The summed E-state index contributed by atoms with van der Waals surface area (Å²) in [5, 5.41) is 13.7. The number of alkyl halides is 1. The number of para-hydroxylation sites is 1. The molecule has 1 unspecified atom stereocenters. The maximum atomic E-state index is 13.2. The van der Waals surface area contributed by atoms with Crippen LogP contribution < -0.4 is 10.1 Å². The number of rotatable bonds is 9. The highest BCUT2D eigenvalue weighted by Crippen LogP contribution is 2.24. The normalized spacial score (nSPS) is 11.4. The van der Waals surface area contributed by atoms with Crippen LogP contribution in [0.15, 0.2) is 72.8 Å². The van der Waals surface area contributed by atoms with E-state index >= 15 is 0 Å². The number of hydrogen-bond donors (Lipinski definition) is 1. The average Bonchev–Trinajstić information content (AvgIpc) is 2.79. The van der Waals surface area contributed by atoms with Crippen molar-refractivity contribution in [1.29, 1.82) is 0 Å². The number of anilines is 1. The van der Waals surface area contributed by atoms with E-state index in [0.717, 1.165) is 0 Å². The predicted octanol–water partition coefficient (Wildman–Crippen LogP) is 5.25. The largest absolute Gasteiger partial charge is 0.482 e. The quantitative estimate of drug-likeness (QED) is 0.205. The molecule has 3 rings (SSSR count). The number of nitrogens with one attached hydrogen (secondary N) is 1. The van der Waals surface area contributed by atoms with Crippen molar-refractivity contribution >= 4 is 34.7 Å². The van der Waals surface area contributed by atoms with Crippen LogP contribution in [0.2, 0.25) is 0 Å². The third-order valence-corrected chi connectivity index (χ3v) is 4.73. The Hall–Kier alpha value is -3.78. The summed E-state index contributed by atoms with van der Waals surface area (Å²) < 4.78 is 19.0. The van der Waals surface area contributed by atoms with Gasteiger partial charge in [0.25, 0.3) is 11.6 Å². The van der Waals surface area contributed by atoms with Crippen molar-refractivity contribution in [3.63, 3.8) is 0 Å². The standard InChI is InChI=1S/C23H18ClFN2O5/c24-13-12-21(22(28)15-8-10-16(25)11-9-15)32-18-5-3-4-17(14-18)26-23(29)19-6-1-2-7-20(19)27(30)31/h1-11,14,21H,12-13H2,(H,26,29). The van der Waals surface area contributed by atoms with E-state index in [4.69, 9.17) is 16.3 Å². The second-order valence-corrected chi connectivity index (χ2v) is 7.09. The second-order valence-electron chi connectivity index (χ2n) is 6.71. The molecule has 0 saturated heterocycles. The van der Waals surface area contributed by atoms with Crippen LogP contribution in [-0.2, 0) is 0 Å². The number of nitro groups is 1. The molecule has 0 aromatic heterocycles. The van der Waals surface area contributed by atoms with Gasteiger partial charge in [-0.3, -0.25) is 19.7 Å². The van der Waals surface area contributed by atoms with E-state index in [0.29, 0.717) is 5.69 Å². The molecule has 0 radical (unpaired) electrons. The first-order chi connectivity index (χ1) is 15.4. The van der Waals surface area contributed by atoms with E-state index in [1.165, 1.54) is 54.6 Å². The monoisotopic (exact) mass is 456 g/mol. The number of hydrogen-bond acceptors (Lipinski definition) is 5. The van der Waals surface area contributed by atoms with Crippen molar-refractivity contribution in [2.75, 3.05) is 11.2 Å². The maximum absolute atomic E-state index is 13.2. The fourth-order valence-corrected chi connectivity index (χ4v) is 3.18. The van der Waals surface area contributed by atoms with Gasteiger partial charge in [-0.05, 0) is 42.5 Å². The summed E-state index contributed by atoms with van der Waals surface area (Å²) >= 11 is 5.82. The van der Waals surface area contributed by atoms with Crippen LogP contribution >= 0.6 is 11.6 Å². The Kier molecular flexibility index (Phi) is 7.51. The van der Waals surface area contributed by atoms with E-state index in [2.05, 4.69) is 5.32 Å². The van der Waals surface area contributed by atoms with Crippen LogP contribution in [0, 0.1) is 15.9 Å². The first kappa shape index (κ1) is 22.9. The van der Waals surface area contributed by atoms with Crippen molar-refractivity contribution in [1.82, 2.24) is 0 Å². The summed E-state index contributed by atoms with van der Waals surface area (Å²) in [4.78, 5) is 35.8. The highest BCUT2D eigenvalue weighted by molar-refractivity contribution is 6.18. The van der Waals surface area contributed by atoms with Gasteiger partial charge in [0.2, 0.25) is 5.78 Å². The Bertz CT molecular complexity index is 1140. The molecule has 0 fully saturated rings. The molecule has 0 bridgehead atoms. The Morgan fingerprint density at radius 3 is 2.47 bits per heavy atom. The minimum atomic E-state index is -0.917. The van der Waals surface area contributed by atoms with Crippen LogP contribution in [0.5, 0.6) is 5.75 Å². The second kappa shape index (κ2) is 10.5. The molecule has 32 heavy (non-hydrogen) atoms. The Balaban J connectivity index is 1.77. The van der Waals surface area contributed by atoms with Gasteiger partial charge in [-0.2, -0.15) is 0 Å². The summed E-state index contributed by atoms with van der Waals surface area (Å²) in [7, 11) is 0. The van der Waals surface area contributed by atoms with E-state index in [1.54, 1.807) is 18.2 Å². The van der Waals surface area contributed by atoms with Crippen molar-refractivity contribution < 1.29 is 23.6 Å². The molecular weight excluding hydrogens is 439 g/mol. The van der Waals surface area contributed by atoms with Crippen LogP contribution in [0.3, 0.4) is 0 Å². The van der Waals surface area contributed by atoms with Gasteiger partial charge in [0.15, 0.2) is 6.10 Å². The maximum Gasteiger partial charge on any atom is 0.282 e. The van der Waals surface area contributed by atoms with Gasteiger partial charge in [-0.15, -0.1) is 11.6 Å². The Morgan fingerprint density at radius 2 is 1.78 bits per heavy atom. The Labute approximate surface area is 187 Å². The summed E-state index contributed by atoms with van der Waals surface area (Å²) in [5.41, 5.74) is 0.201. The molecule has 3 aromatic carbocycles. The molecule has 0 aliphatic heterocycles. The molecular formula is C23H18ClFN2O5. The third-order valence-electron chi connectivity index (χ3n) is 4.51. The van der Waals surface area contributed by atoms with Crippen molar-refractivity contribution in [2.24, 2.45) is 0 Å². The van der Waals surface area contributed by atoms with Crippen LogP contribution in [0.4, 0.5) is 15.8 Å². The van der Waals surface area contributed by atoms with Crippen molar-refractivity contribution in [2.45, 2.75) is 12.5 Å². The number of ketones is 1. The third kappa shape index (κ3) is 5.67. The molecule has 1 N–H and O–H groups in total. The summed E-state index contributed by atoms with van der Waals surface area (Å²) in [6.07, 6.45) is -0.705. The number of Topliss-reactive ketones (excluding diaryl/α,β-unsaturated/α-hetero) is 1. The van der Waals surface area contributed by atoms with Gasteiger partial charge in [0.1, 0.15) is 17.1 Å². The lowest BCUT2D eigenvalue weighted by Gasteiger charge is -2.18. The van der Waals surface area contributed by atoms with E-state index in [-0.39, 0.29) is 40.6 Å². The molecule has 0 saturated carbocycles. The Morgan fingerprint density at radius 1 is 1.06 bits per heavy atom. The van der Waals surface area contributed by atoms with Gasteiger partial charge >= 0.3 is 0 Å². The zero-order chi connectivity index (χ0) is 23.1. The highest BCUT2D eigenvalue weighted by Gasteiger charge is 2.23. The topological polar surface area (TPSA) is 98.5 Å². The lowest BCUT2D eigenvalue weighted by atomic mass is 10.0. The first-order valence-corrected chi connectivity index (χ1v) is 10.1. The molecule has 0 aliphatic carbocycles. The predicted molar refractivity (Wildman–Crippen MR) is 118 cm³/mol. The molecule has 1 atom stereocenters. The highest BCUT2D eigenvalue weighted by atomic mass is 35.5. The number of nitrogens with zero attached hydrogens (tertiary/aromatic N) is 1. The number of benzene rings is 3.